The first-order valence-corrected chi connectivity index (χ1v) is 13.2. The Kier molecular flexibility index (Phi) is 5.91. The molecule has 0 radical (unpaired) electrons. The van der Waals surface area contributed by atoms with Crippen LogP contribution in [0, 0.1) is 0 Å². The van der Waals surface area contributed by atoms with Crippen LogP contribution in [-0.4, -0.2) is 42.5 Å². The molecule has 1 aliphatic rings. The molecule has 0 amide bonds. The van der Waals surface area contributed by atoms with Gasteiger partial charge in [0.15, 0.2) is 10.3 Å². The lowest BCUT2D eigenvalue weighted by molar-refractivity contribution is 0.133. The summed E-state index contributed by atoms with van der Waals surface area (Å²) in [7, 11) is 0. The number of benzene rings is 2. The molecule has 35 heavy (non-hydrogen) atoms. The number of imidazole rings is 1. The molecule has 0 saturated carbocycles. The van der Waals surface area contributed by atoms with E-state index in [1.165, 1.54) is 11.3 Å². The van der Waals surface area contributed by atoms with Gasteiger partial charge in [0.25, 0.3) is 5.56 Å². The van der Waals surface area contributed by atoms with Crippen LogP contribution in [-0.2, 0) is 6.54 Å². The standard InChI is InChI=1S/C27H28N6OS/c1-2-22(32-14-8-11-19(16-32)24-29-20-12-6-7-13-21(20)30-24)25-31-26-23(28-17-35-26)27(34)33(25)15-18-9-4-3-5-10-18/h3-7,9-10,12-13,17,19,22H,2,8,11,14-16H2,1H3,(H,29,30). The number of para-hydroxylation sites is 2. The quantitative estimate of drug-likeness (QED) is 0.362. The second-order valence-corrected chi connectivity index (χ2v) is 10.1. The number of nitrogens with one attached hydrogen (secondary N) is 1. The van der Waals surface area contributed by atoms with Crippen LogP contribution in [0.1, 0.15) is 55.4 Å². The number of H-pyrrole nitrogens is 1. The van der Waals surface area contributed by atoms with Gasteiger partial charge in [-0.25, -0.2) is 15.0 Å². The zero-order valence-corrected chi connectivity index (χ0v) is 20.5. The Balaban J connectivity index is 1.37. The van der Waals surface area contributed by atoms with E-state index in [-0.39, 0.29) is 11.6 Å². The monoisotopic (exact) mass is 484 g/mol. The molecule has 1 N–H and O–H groups in total. The first-order chi connectivity index (χ1) is 17.2. The first-order valence-electron chi connectivity index (χ1n) is 12.3. The zero-order chi connectivity index (χ0) is 23.8. The van der Waals surface area contributed by atoms with Crippen LogP contribution in [0.25, 0.3) is 21.4 Å². The molecule has 2 unspecified atom stereocenters. The van der Waals surface area contributed by atoms with Crippen molar-refractivity contribution in [3.05, 3.63) is 87.7 Å². The van der Waals surface area contributed by atoms with Crippen molar-refractivity contribution in [2.45, 2.75) is 44.7 Å². The average molecular weight is 485 g/mol. The topological polar surface area (TPSA) is 79.7 Å². The van der Waals surface area contributed by atoms with E-state index < -0.39 is 0 Å². The number of nitrogens with zero attached hydrogens (tertiary/aromatic N) is 5. The number of rotatable bonds is 6. The largest absolute Gasteiger partial charge is 0.342 e. The van der Waals surface area contributed by atoms with Crippen LogP contribution in [0.3, 0.4) is 0 Å². The van der Waals surface area contributed by atoms with Gasteiger partial charge in [-0.3, -0.25) is 14.3 Å². The van der Waals surface area contributed by atoms with Gasteiger partial charge in [0.2, 0.25) is 0 Å². The minimum absolute atomic E-state index is 0.0464. The molecule has 5 aromatic rings. The lowest BCUT2D eigenvalue weighted by atomic mass is 9.95. The Morgan fingerprint density at radius 1 is 1.11 bits per heavy atom. The molecule has 6 rings (SSSR count). The number of aromatic nitrogens is 5. The molecule has 3 aromatic heterocycles. The average Bonchev–Trinajstić information content (AvgIpc) is 3.55. The van der Waals surface area contributed by atoms with E-state index in [0.717, 1.165) is 65.4 Å². The number of hydrogen-bond acceptors (Lipinski definition) is 6. The van der Waals surface area contributed by atoms with E-state index in [1.54, 1.807) is 5.51 Å². The Bertz CT molecular complexity index is 1490. The number of likely N-dealkylation sites (tertiary alicyclic amines) is 1. The Morgan fingerprint density at radius 2 is 1.94 bits per heavy atom. The number of piperidine rings is 1. The second kappa shape index (κ2) is 9.36. The molecular weight excluding hydrogens is 456 g/mol. The van der Waals surface area contributed by atoms with Gasteiger partial charge >= 0.3 is 0 Å². The van der Waals surface area contributed by atoms with E-state index >= 15 is 0 Å². The Hall–Kier alpha value is -3.36. The maximum absolute atomic E-state index is 13.5. The molecule has 2 atom stereocenters. The SMILES string of the molecule is CCC(c1nc2scnc2c(=O)n1Cc1ccccc1)N1CCCC(c2nc3ccccc3[nH]2)C1. The van der Waals surface area contributed by atoms with Crippen LogP contribution in [0.15, 0.2) is 64.9 Å². The third-order valence-corrected chi connectivity index (χ3v) is 7.76. The summed E-state index contributed by atoms with van der Waals surface area (Å²) in [4.78, 5) is 34.5. The molecule has 1 saturated heterocycles. The van der Waals surface area contributed by atoms with E-state index in [0.29, 0.717) is 18.0 Å². The fraction of sp³-hybridized carbons (Fsp3) is 0.333. The Labute approximate surface area is 207 Å². The predicted molar refractivity (Wildman–Crippen MR) is 140 cm³/mol. The van der Waals surface area contributed by atoms with Gasteiger partial charge in [0.1, 0.15) is 11.6 Å². The molecule has 8 heteroatoms. The molecule has 4 heterocycles. The number of hydrogen-bond donors (Lipinski definition) is 1. The third kappa shape index (κ3) is 4.17. The number of thiazole rings is 1. The van der Waals surface area contributed by atoms with Crippen LogP contribution in [0.5, 0.6) is 0 Å². The summed E-state index contributed by atoms with van der Waals surface area (Å²) in [5, 5.41) is 0. The van der Waals surface area contributed by atoms with Crippen LogP contribution < -0.4 is 5.56 Å². The van der Waals surface area contributed by atoms with Crippen molar-refractivity contribution >= 4 is 32.7 Å². The zero-order valence-electron chi connectivity index (χ0n) is 19.7. The van der Waals surface area contributed by atoms with Gasteiger partial charge in [0.05, 0.1) is 29.1 Å². The number of aromatic amines is 1. The molecule has 7 nitrogen and oxygen atoms in total. The van der Waals surface area contributed by atoms with Crippen molar-refractivity contribution in [1.82, 2.24) is 29.4 Å². The van der Waals surface area contributed by atoms with Crippen molar-refractivity contribution in [1.29, 1.82) is 0 Å². The van der Waals surface area contributed by atoms with Crippen LogP contribution in [0.2, 0.25) is 0 Å². The fourth-order valence-corrected chi connectivity index (χ4v) is 5.97. The highest BCUT2D eigenvalue weighted by Crippen LogP contribution is 2.33. The molecular formula is C27H28N6OS. The molecule has 178 valence electrons. The van der Waals surface area contributed by atoms with Gasteiger partial charge in [-0.15, -0.1) is 11.3 Å². The van der Waals surface area contributed by atoms with Crippen molar-refractivity contribution in [2.75, 3.05) is 13.1 Å². The normalized spacial score (nSPS) is 17.8. The second-order valence-electron chi connectivity index (χ2n) is 9.25. The highest BCUT2D eigenvalue weighted by atomic mass is 32.1. The predicted octanol–water partition coefficient (Wildman–Crippen LogP) is 5.11. The van der Waals surface area contributed by atoms with Crippen LogP contribution >= 0.6 is 11.3 Å². The summed E-state index contributed by atoms with van der Waals surface area (Å²) >= 11 is 1.44. The van der Waals surface area contributed by atoms with Gasteiger partial charge in [-0.05, 0) is 43.5 Å². The summed E-state index contributed by atoms with van der Waals surface area (Å²) in [6.45, 7) is 4.55. The summed E-state index contributed by atoms with van der Waals surface area (Å²) in [6, 6.07) is 18.4. The molecule has 2 aromatic carbocycles. The van der Waals surface area contributed by atoms with Crippen molar-refractivity contribution in [3.63, 3.8) is 0 Å². The molecule has 0 spiro atoms. The molecule has 0 bridgehead atoms. The first kappa shape index (κ1) is 22.1. The maximum Gasteiger partial charge on any atom is 0.281 e. The van der Waals surface area contributed by atoms with E-state index in [9.17, 15) is 4.79 Å². The minimum atomic E-state index is -0.0561. The van der Waals surface area contributed by atoms with Gasteiger partial charge in [0, 0.05) is 12.5 Å². The summed E-state index contributed by atoms with van der Waals surface area (Å²) in [6.07, 6.45) is 3.06. The third-order valence-electron chi connectivity index (χ3n) is 7.05. The lowest BCUT2D eigenvalue weighted by Gasteiger charge is -2.37. The highest BCUT2D eigenvalue weighted by Gasteiger charge is 2.31. The van der Waals surface area contributed by atoms with E-state index in [2.05, 4.69) is 46.1 Å². The summed E-state index contributed by atoms with van der Waals surface area (Å²) in [5.41, 5.74) is 5.31. The van der Waals surface area contributed by atoms with E-state index in [4.69, 9.17) is 9.97 Å². The molecule has 0 aliphatic carbocycles. The highest BCUT2D eigenvalue weighted by molar-refractivity contribution is 7.16. The van der Waals surface area contributed by atoms with E-state index in [1.807, 2.05) is 34.9 Å². The summed E-state index contributed by atoms with van der Waals surface area (Å²) < 4.78 is 1.84. The van der Waals surface area contributed by atoms with Gasteiger partial charge < -0.3 is 4.98 Å². The van der Waals surface area contributed by atoms with Crippen molar-refractivity contribution in [2.24, 2.45) is 0 Å². The smallest absolute Gasteiger partial charge is 0.281 e. The van der Waals surface area contributed by atoms with Gasteiger partial charge in [-0.2, -0.15) is 0 Å². The maximum atomic E-state index is 13.5. The lowest BCUT2D eigenvalue weighted by Crippen LogP contribution is -2.40. The molecule has 1 fully saturated rings. The van der Waals surface area contributed by atoms with Gasteiger partial charge in [-0.1, -0.05) is 49.4 Å². The number of fused-ring (bicyclic) bond motifs is 2. The van der Waals surface area contributed by atoms with Crippen LogP contribution in [0.4, 0.5) is 0 Å². The summed E-state index contributed by atoms with van der Waals surface area (Å²) in [5.74, 6) is 2.22. The Morgan fingerprint density at radius 3 is 2.77 bits per heavy atom. The molecule has 1 aliphatic heterocycles. The minimum Gasteiger partial charge on any atom is -0.342 e. The van der Waals surface area contributed by atoms with Crippen molar-refractivity contribution in [3.8, 4) is 0 Å². The van der Waals surface area contributed by atoms with Crippen molar-refractivity contribution < 1.29 is 0 Å². The fourth-order valence-electron chi connectivity index (χ4n) is 5.32.